The predicted molar refractivity (Wildman–Crippen MR) is 133 cm³/mol. The van der Waals surface area contributed by atoms with Crippen molar-refractivity contribution in [3.8, 4) is 0 Å². The van der Waals surface area contributed by atoms with E-state index in [1.54, 1.807) is 0 Å². The monoisotopic (exact) mass is 529 g/mol. The fourth-order valence-electron chi connectivity index (χ4n) is 4.82. The van der Waals surface area contributed by atoms with Gasteiger partial charge in [0.2, 0.25) is 0 Å². The summed E-state index contributed by atoms with van der Waals surface area (Å²) in [7, 11) is 0. The molecule has 0 aromatic rings. The van der Waals surface area contributed by atoms with E-state index in [0.717, 1.165) is 22.9 Å². The van der Waals surface area contributed by atoms with Crippen LogP contribution in [0, 0.1) is 5.41 Å². The summed E-state index contributed by atoms with van der Waals surface area (Å²) in [5.74, 6) is 0.0520. The maximum atomic E-state index is 12.3. The van der Waals surface area contributed by atoms with E-state index in [0.29, 0.717) is 6.42 Å². The molecule has 30 heavy (non-hydrogen) atoms. The predicted octanol–water partition coefficient (Wildman–Crippen LogP) is 9.24. The van der Waals surface area contributed by atoms with Crippen LogP contribution in [0.5, 0.6) is 0 Å². The van der Waals surface area contributed by atoms with Gasteiger partial charge in [-0.15, -0.1) is 0 Å². The van der Waals surface area contributed by atoms with Gasteiger partial charge in [0.25, 0.3) is 0 Å². The van der Waals surface area contributed by atoms with Crippen molar-refractivity contribution in [1.82, 2.24) is 0 Å². The van der Waals surface area contributed by atoms with Crippen LogP contribution >= 0.6 is 0 Å². The van der Waals surface area contributed by atoms with Crippen LogP contribution < -0.4 is 0 Å². The van der Waals surface area contributed by atoms with Crippen LogP contribution in [0.1, 0.15) is 162 Å². The second-order valence-electron chi connectivity index (χ2n) is 9.70. The van der Waals surface area contributed by atoms with E-state index in [1.807, 2.05) is 0 Å². The second-order valence-corrected chi connectivity index (χ2v) is 10.3. The molecule has 0 fully saturated rings. The van der Waals surface area contributed by atoms with Crippen molar-refractivity contribution in [2.75, 3.05) is 0 Å². The molecule has 0 saturated heterocycles. The first-order chi connectivity index (χ1) is 14.6. The topological polar surface area (TPSA) is 26.3 Å². The van der Waals surface area contributed by atoms with Gasteiger partial charge in [0, 0.05) is 0 Å². The van der Waals surface area contributed by atoms with Crippen LogP contribution in [0.25, 0.3) is 0 Å². The Hall–Kier alpha value is 0.269. The summed E-state index contributed by atoms with van der Waals surface area (Å²) < 4.78 is 5.24. The zero-order valence-corrected chi connectivity index (χ0v) is 23.7. The van der Waals surface area contributed by atoms with Gasteiger partial charge in [-0.25, -0.2) is 0 Å². The Bertz CT molecular complexity index is 329. The van der Waals surface area contributed by atoms with Gasteiger partial charge in [0.05, 0.1) is 0 Å². The molecule has 0 rings (SSSR count). The normalized spacial score (nSPS) is 11.7. The van der Waals surface area contributed by atoms with Crippen molar-refractivity contribution in [2.45, 2.75) is 162 Å². The number of unbranched alkanes of at least 4 members (excludes halogenated alkanes) is 15. The number of hydrogen-bond donors (Lipinski definition) is 0. The average Bonchev–Trinajstić information content (AvgIpc) is 2.75. The van der Waals surface area contributed by atoms with Gasteiger partial charge >= 0.3 is 204 Å². The Morgan fingerprint density at radius 1 is 0.567 bits per heavy atom. The minimum absolute atomic E-state index is 0.0520. The molecule has 0 atom stereocenters. The first kappa shape index (κ1) is 30.3. The molecule has 0 bridgehead atoms. The van der Waals surface area contributed by atoms with Gasteiger partial charge in [-0.2, -0.15) is 0 Å². The van der Waals surface area contributed by atoms with Gasteiger partial charge in [-0.1, -0.05) is 0 Å². The minimum atomic E-state index is 0.0520. The molecule has 0 spiro atoms. The molecule has 0 heterocycles. The molecule has 0 aliphatic rings. The first-order valence-corrected chi connectivity index (χ1v) is 14.7. The van der Waals surface area contributed by atoms with Crippen molar-refractivity contribution in [3.63, 3.8) is 0 Å². The Morgan fingerprint density at radius 2 is 0.867 bits per heavy atom. The molecule has 0 saturated carbocycles. The Balaban J connectivity index is 4.72. The Kier molecular flexibility index (Phi) is 22.7. The summed E-state index contributed by atoms with van der Waals surface area (Å²) >= 11 is 0.898. The summed E-state index contributed by atoms with van der Waals surface area (Å²) in [6.07, 6.45) is 28.5. The van der Waals surface area contributed by atoms with Crippen molar-refractivity contribution in [1.29, 1.82) is 0 Å². The van der Waals surface area contributed by atoms with Gasteiger partial charge in [0.15, 0.2) is 0 Å². The van der Waals surface area contributed by atoms with Crippen LogP contribution in [0.15, 0.2) is 0 Å². The van der Waals surface area contributed by atoms with Gasteiger partial charge < -0.3 is 0 Å². The van der Waals surface area contributed by atoms with Crippen molar-refractivity contribution in [2.24, 2.45) is 5.41 Å². The molecule has 0 aliphatic heterocycles. The fraction of sp³-hybridized carbons (Fsp3) is 0.963. The number of hydrogen-bond acceptors (Lipinski definition) is 2. The summed E-state index contributed by atoms with van der Waals surface area (Å²) in [6.45, 7) is 6.85. The van der Waals surface area contributed by atoms with E-state index in [2.05, 4.69) is 20.8 Å². The third kappa shape index (κ3) is 17.9. The Labute approximate surface area is 203 Å². The second kappa shape index (κ2) is 22.5. The summed E-state index contributed by atoms with van der Waals surface area (Å²) in [5.41, 5.74) is 0.202. The third-order valence-electron chi connectivity index (χ3n) is 6.82. The van der Waals surface area contributed by atoms with E-state index in [1.165, 1.54) is 135 Å². The molecule has 3 heteroatoms. The summed E-state index contributed by atoms with van der Waals surface area (Å²) in [5, 5.41) is 0. The molecule has 0 aliphatic carbocycles. The average molecular weight is 528 g/mol. The zero-order valence-electron chi connectivity index (χ0n) is 20.9. The zero-order chi connectivity index (χ0) is 22.3. The van der Waals surface area contributed by atoms with E-state index in [4.69, 9.17) is 3.07 Å². The molecular formula is C27H53O2Sn. The van der Waals surface area contributed by atoms with Gasteiger partial charge in [0.1, 0.15) is 0 Å². The van der Waals surface area contributed by atoms with Gasteiger partial charge in [-0.3, -0.25) is 0 Å². The molecule has 0 aromatic carbocycles. The van der Waals surface area contributed by atoms with E-state index >= 15 is 0 Å². The summed E-state index contributed by atoms with van der Waals surface area (Å²) in [6, 6.07) is 0. The quantitative estimate of drug-likeness (QED) is 0.0976. The maximum absolute atomic E-state index is 12.3. The molecule has 177 valence electrons. The summed E-state index contributed by atoms with van der Waals surface area (Å²) in [4.78, 5) is 12.3. The van der Waals surface area contributed by atoms with Gasteiger partial charge in [-0.05, 0) is 0 Å². The third-order valence-corrected chi connectivity index (χ3v) is 7.46. The first-order valence-electron chi connectivity index (χ1n) is 13.5. The van der Waals surface area contributed by atoms with Crippen LogP contribution in [-0.4, -0.2) is 28.9 Å². The molecule has 0 N–H and O–H groups in total. The fourth-order valence-corrected chi connectivity index (χ4v) is 5.03. The number of carbonyl (C=O) groups excluding carboxylic acids is 1. The number of carbonyl (C=O) groups is 1. The van der Waals surface area contributed by atoms with Crippen LogP contribution in [0.4, 0.5) is 0 Å². The van der Waals surface area contributed by atoms with Crippen molar-refractivity contribution >= 4 is 28.9 Å². The standard InChI is InChI=1S/C27H54O2.Sn/c1-4-7-10-13-16-19-22-27(25-26(28)29,23-20-17-14-11-8-5-2)24-21-18-15-12-9-6-3;/h4-25H2,1-3H3,(H,28,29);/q;+1/p-1. The van der Waals surface area contributed by atoms with Crippen LogP contribution in [0.2, 0.25) is 0 Å². The van der Waals surface area contributed by atoms with E-state index in [9.17, 15) is 4.79 Å². The van der Waals surface area contributed by atoms with Crippen LogP contribution in [0.3, 0.4) is 0 Å². The van der Waals surface area contributed by atoms with Crippen LogP contribution in [-0.2, 0) is 7.87 Å². The van der Waals surface area contributed by atoms with E-state index < -0.39 is 0 Å². The SMILES string of the molecule is CCCCCCCCC(CCCCCCCC)(CCCCCCCC)CC(=O)[O][Sn]. The molecule has 0 unspecified atom stereocenters. The van der Waals surface area contributed by atoms with E-state index in [-0.39, 0.29) is 11.4 Å². The number of rotatable bonds is 23. The Morgan fingerprint density at radius 3 is 1.17 bits per heavy atom. The molecule has 3 radical (unpaired) electrons. The van der Waals surface area contributed by atoms with Crippen molar-refractivity contribution < 1.29 is 7.87 Å². The van der Waals surface area contributed by atoms with Crippen molar-refractivity contribution in [3.05, 3.63) is 0 Å². The molecule has 0 amide bonds. The molecule has 0 aromatic heterocycles. The molecular weight excluding hydrogens is 475 g/mol. The molecule has 2 nitrogen and oxygen atoms in total.